The normalized spacial score (nSPS) is 10.2. The predicted octanol–water partition coefficient (Wildman–Crippen LogP) is 4.44. The first-order valence-electron chi connectivity index (χ1n) is 5.61. The highest BCUT2D eigenvalue weighted by atomic mass is 35.5. The molecule has 0 saturated heterocycles. The second-order valence-electron chi connectivity index (χ2n) is 3.88. The monoisotopic (exact) mass is 308 g/mol. The predicted molar refractivity (Wildman–Crippen MR) is 88.8 cm³/mol. The van der Waals surface area contributed by atoms with Crippen LogP contribution in [0.1, 0.15) is 5.56 Å². The van der Waals surface area contributed by atoms with Gasteiger partial charge in [-0.2, -0.15) is 0 Å². The lowest BCUT2D eigenvalue weighted by atomic mass is 10.2. The molecule has 0 atom stereocenters. The van der Waals surface area contributed by atoms with Crippen molar-refractivity contribution in [1.82, 2.24) is 0 Å². The molecule has 2 rings (SSSR count). The zero-order valence-corrected chi connectivity index (χ0v) is 12.7. The van der Waals surface area contributed by atoms with Crippen molar-refractivity contribution in [2.45, 2.75) is 4.90 Å². The minimum absolute atomic E-state index is 0.307. The molecule has 0 fully saturated rings. The van der Waals surface area contributed by atoms with E-state index in [1.54, 1.807) is 11.8 Å². The smallest absolute Gasteiger partial charge is 0.105 e. The van der Waals surface area contributed by atoms with Crippen molar-refractivity contribution in [1.29, 1.82) is 0 Å². The number of nitrogens with one attached hydrogen (secondary N) is 1. The zero-order valence-electron chi connectivity index (χ0n) is 10.3. The molecule has 2 aromatic rings. The molecule has 0 aliphatic carbocycles. The van der Waals surface area contributed by atoms with E-state index in [2.05, 4.69) is 11.4 Å². The van der Waals surface area contributed by atoms with Crippen LogP contribution in [0.4, 0.5) is 11.4 Å². The Morgan fingerprint density at radius 3 is 2.63 bits per heavy atom. The number of nitrogens with two attached hydrogens (primary N) is 1. The first-order chi connectivity index (χ1) is 9.11. The number of thioether (sulfide) groups is 1. The maximum absolute atomic E-state index is 6.15. The number of rotatable bonds is 4. The fraction of sp³-hybridized carbons (Fsp3) is 0.0714. The van der Waals surface area contributed by atoms with E-state index in [0.717, 1.165) is 11.4 Å². The van der Waals surface area contributed by atoms with Gasteiger partial charge in [-0.1, -0.05) is 36.0 Å². The first kappa shape index (κ1) is 14.2. The van der Waals surface area contributed by atoms with Gasteiger partial charge in [0, 0.05) is 16.1 Å². The van der Waals surface area contributed by atoms with Crippen molar-refractivity contribution < 1.29 is 0 Å². The summed E-state index contributed by atoms with van der Waals surface area (Å²) < 4.78 is 0. The third-order valence-corrected chi connectivity index (χ3v) is 3.95. The summed E-state index contributed by atoms with van der Waals surface area (Å²) in [5.74, 6) is 0. The topological polar surface area (TPSA) is 38.0 Å². The van der Waals surface area contributed by atoms with Gasteiger partial charge in [-0.25, -0.2) is 0 Å². The maximum Gasteiger partial charge on any atom is 0.105 e. The maximum atomic E-state index is 6.15. The molecule has 0 aromatic heterocycles. The second kappa shape index (κ2) is 6.28. The van der Waals surface area contributed by atoms with E-state index in [4.69, 9.17) is 29.6 Å². The molecule has 3 N–H and O–H groups in total. The Morgan fingerprint density at radius 2 is 2.00 bits per heavy atom. The summed E-state index contributed by atoms with van der Waals surface area (Å²) in [6, 6.07) is 13.7. The van der Waals surface area contributed by atoms with E-state index in [1.807, 2.05) is 42.7 Å². The fourth-order valence-corrected chi connectivity index (χ4v) is 2.77. The Labute approximate surface area is 127 Å². The zero-order chi connectivity index (χ0) is 13.8. The molecule has 0 radical (unpaired) electrons. The van der Waals surface area contributed by atoms with Crippen LogP contribution < -0.4 is 11.1 Å². The molecule has 0 heterocycles. The van der Waals surface area contributed by atoms with Crippen LogP contribution in [0.25, 0.3) is 0 Å². The van der Waals surface area contributed by atoms with Gasteiger partial charge in [0.05, 0.1) is 10.7 Å². The van der Waals surface area contributed by atoms with Gasteiger partial charge in [-0.05, 0) is 36.6 Å². The SMILES string of the molecule is CSc1ccccc1Nc1ccc(C(N)=S)c(Cl)c1. The Balaban J connectivity index is 2.29. The van der Waals surface area contributed by atoms with Crippen molar-refractivity contribution in [3.8, 4) is 0 Å². The Morgan fingerprint density at radius 1 is 1.26 bits per heavy atom. The van der Waals surface area contributed by atoms with Gasteiger partial charge >= 0.3 is 0 Å². The number of hydrogen-bond donors (Lipinski definition) is 2. The average Bonchev–Trinajstić information content (AvgIpc) is 2.39. The summed E-state index contributed by atoms with van der Waals surface area (Å²) in [5, 5.41) is 3.90. The van der Waals surface area contributed by atoms with E-state index >= 15 is 0 Å². The molecule has 2 nitrogen and oxygen atoms in total. The number of hydrogen-bond acceptors (Lipinski definition) is 3. The first-order valence-corrected chi connectivity index (χ1v) is 7.62. The third-order valence-electron chi connectivity index (χ3n) is 2.62. The summed E-state index contributed by atoms with van der Waals surface area (Å²) in [6.07, 6.45) is 2.05. The average molecular weight is 309 g/mol. The molecule has 0 aliphatic rings. The van der Waals surface area contributed by atoms with Crippen molar-refractivity contribution >= 4 is 51.9 Å². The molecule has 0 amide bonds. The molecule has 5 heteroatoms. The molecule has 0 bridgehead atoms. The Kier molecular flexibility index (Phi) is 4.69. The van der Waals surface area contributed by atoms with E-state index in [1.165, 1.54) is 4.90 Å². The molecule has 2 aromatic carbocycles. The van der Waals surface area contributed by atoms with Crippen LogP contribution in [-0.4, -0.2) is 11.2 Å². The molecule has 0 saturated carbocycles. The summed E-state index contributed by atoms with van der Waals surface area (Å²) in [4.78, 5) is 1.48. The minimum atomic E-state index is 0.307. The van der Waals surface area contributed by atoms with Crippen LogP contribution in [0.5, 0.6) is 0 Å². The number of halogens is 1. The Bertz CT molecular complexity index is 614. The number of thiocarbonyl (C=S) groups is 1. The Hall–Kier alpha value is -1.23. The largest absolute Gasteiger partial charge is 0.389 e. The fourth-order valence-electron chi connectivity index (χ4n) is 1.70. The van der Waals surface area contributed by atoms with E-state index in [0.29, 0.717) is 15.6 Å². The lowest BCUT2D eigenvalue weighted by Crippen LogP contribution is -2.09. The van der Waals surface area contributed by atoms with Gasteiger partial charge in [-0.3, -0.25) is 0 Å². The van der Waals surface area contributed by atoms with Gasteiger partial charge in [0.1, 0.15) is 4.99 Å². The number of anilines is 2. The molecular weight excluding hydrogens is 296 g/mol. The summed E-state index contributed by atoms with van der Waals surface area (Å²) in [7, 11) is 0. The molecular formula is C14H13ClN2S2. The summed E-state index contributed by atoms with van der Waals surface area (Å²) in [6.45, 7) is 0. The third kappa shape index (κ3) is 3.41. The van der Waals surface area contributed by atoms with Gasteiger partial charge in [0.15, 0.2) is 0 Å². The van der Waals surface area contributed by atoms with Gasteiger partial charge in [0.25, 0.3) is 0 Å². The molecule has 98 valence electrons. The molecule has 0 spiro atoms. The van der Waals surface area contributed by atoms with Crippen molar-refractivity contribution in [3.05, 3.63) is 53.1 Å². The van der Waals surface area contributed by atoms with Gasteiger partial charge in [0.2, 0.25) is 0 Å². The van der Waals surface area contributed by atoms with E-state index in [-0.39, 0.29) is 0 Å². The van der Waals surface area contributed by atoms with Crippen LogP contribution in [0.3, 0.4) is 0 Å². The van der Waals surface area contributed by atoms with E-state index in [9.17, 15) is 0 Å². The highest BCUT2D eigenvalue weighted by molar-refractivity contribution is 7.98. The van der Waals surface area contributed by atoms with Crippen LogP contribution >= 0.6 is 35.6 Å². The summed E-state index contributed by atoms with van der Waals surface area (Å²) in [5.41, 5.74) is 8.24. The summed E-state index contributed by atoms with van der Waals surface area (Å²) >= 11 is 12.8. The standard InChI is InChI=1S/C14H13ClN2S2/c1-19-13-5-3-2-4-12(13)17-9-6-7-10(14(16)18)11(15)8-9/h2-8,17H,1H3,(H2,16,18). The van der Waals surface area contributed by atoms with Crippen LogP contribution in [0.2, 0.25) is 5.02 Å². The lowest BCUT2D eigenvalue weighted by Gasteiger charge is -2.11. The lowest BCUT2D eigenvalue weighted by molar-refractivity contribution is 1.41. The quantitative estimate of drug-likeness (QED) is 0.647. The van der Waals surface area contributed by atoms with E-state index < -0.39 is 0 Å². The number of benzene rings is 2. The van der Waals surface area contributed by atoms with Crippen LogP contribution in [-0.2, 0) is 0 Å². The highest BCUT2D eigenvalue weighted by Gasteiger charge is 2.06. The van der Waals surface area contributed by atoms with Crippen molar-refractivity contribution in [2.75, 3.05) is 11.6 Å². The second-order valence-corrected chi connectivity index (χ2v) is 5.58. The molecule has 0 unspecified atom stereocenters. The van der Waals surface area contributed by atoms with Gasteiger partial charge in [-0.15, -0.1) is 11.8 Å². The van der Waals surface area contributed by atoms with Gasteiger partial charge < -0.3 is 11.1 Å². The molecule has 19 heavy (non-hydrogen) atoms. The van der Waals surface area contributed by atoms with Crippen molar-refractivity contribution in [3.63, 3.8) is 0 Å². The van der Waals surface area contributed by atoms with Crippen molar-refractivity contribution in [2.24, 2.45) is 5.73 Å². The van der Waals surface area contributed by atoms with Crippen LogP contribution in [0.15, 0.2) is 47.4 Å². The highest BCUT2D eigenvalue weighted by Crippen LogP contribution is 2.29. The van der Waals surface area contributed by atoms with Crippen LogP contribution in [0, 0.1) is 0 Å². The molecule has 0 aliphatic heterocycles. The number of para-hydroxylation sites is 1. The minimum Gasteiger partial charge on any atom is -0.389 e.